The molecular weight excluding hydrogens is 416 g/mol. The largest absolute Gasteiger partial charge is 0.271 e. The van der Waals surface area contributed by atoms with E-state index in [0.29, 0.717) is 11.1 Å². The Morgan fingerprint density at radius 3 is 2.35 bits per heavy atom. The van der Waals surface area contributed by atoms with E-state index in [1.807, 2.05) is 6.07 Å². The highest BCUT2D eigenvalue weighted by atomic mass is 32.2. The molecule has 0 bridgehead atoms. The fraction of sp³-hybridized carbons (Fsp3) is 0.0870. The maximum atomic E-state index is 13.4. The number of anilines is 1. The van der Waals surface area contributed by atoms with Crippen molar-refractivity contribution in [3.05, 3.63) is 106 Å². The number of nitro groups is 1. The molecule has 0 atom stereocenters. The SMILES string of the molecule is Cc1ccc(C)c(N(C(=O)/C=C/c2cccc([N+](=O)[O-])c2)S(=O)(=O)c2ccccc2)c1. The second-order valence-electron chi connectivity index (χ2n) is 6.90. The van der Waals surface area contributed by atoms with Crippen LogP contribution in [0.15, 0.2) is 83.8 Å². The van der Waals surface area contributed by atoms with Crippen LogP contribution in [0, 0.1) is 24.0 Å². The van der Waals surface area contributed by atoms with Crippen molar-refractivity contribution in [3.8, 4) is 0 Å². The van der Waals surface area contributed by atoms with Gasteiger partial charge in [-0.1, -0.05) is 42.5 Å². The minimum Gasteiger partial charge on any atom is -0.268 e. The molecule has 0 unspecified atom stereocenters. The summed E-state index contributed by atoms with van der Waals surface area (Å²) < 4.78 is 27.5. The highest BCUT2D eigenvalue weighted by Crippen LogP contribution is 2.28. The van der Waals surface area contributed by atoms with Crippen molar-refractivity contribution in [1.82, 2.24) is 0 Å². The van der Waals surface area contributed by atoms with Crippen LogP contribution in [0.2, 0.25) is 0 Å². The molecule has 0 saturated carbocycles. The molecule has 0 aliphatic heterocycles. The van der Waals surface area contributed by atoms with Gasteiger partial charge >= 0.3 is 0 Å². The summed E-state index contributed by atoms with van der Waals surface area (Å²) in [4.78, 5) is 23.6. The van der Waals surface area contributed by atoms with E-state index in [-0.39, 0.29) is 16.3 Å². The normalized spacial score (nSPS) is 11.4. The molecule has 158 valence electrons. The van der Waals surface area contributed by atoms with E-state index in [1.165, 1.54) is 36.4 Å². The lowest BCUT2D eigenvalue weighted by molar-refractivity contribution is -0.384. The number of nitrogens with zero attached hydrogens (tertiary/aromatic N) is 2. The number of benzene rings is 3. The van der Waals surface area contributed by atoms with E-state index >= 15 is 0 Å². The third kappa shape index (κ3) is 4.87. The number of carbonyl (C=O) groups is 1. The Morgan fingerprint density at radius 2 is 1.68 bits per heavy atom. The van der Waals surface area contributed by atoms with Gasteiger partial charge in [0.2, 0.25) is 0 Å². The smallest absolute Gasteiger partial charge is 0.268 e. The van der Waals surface area contributed by atoms with Gasteiger partial charge in [-0.05, 0) is 54.8 Å². The highest BCUT2D eigenvalue weighted by Gasteiger charge is 2.30. The maximum Gasteiger partial charge on any atom is 0.271 e. The monoisotopic (exact) mass is 436 g/mol. The minimum atomic E-state index is -4.19. The number of hydrogen-bond acceptors (Lipinski definition) is 5. The second-order valence-corrected chi connectivity index (χ2v) is 8.68. The summed E-state index contributed by atoms with van der Waals surface area (Å²) in [6, 6.07) is 18.6. The molecule has 0 aliphatic rings. The van der Waals surface area contributed by atoms with Gasteiger partial charge in [0.05, 0.1) is 15.5 Å². The fourth-order valence-corrected chi connectivity index (χ4v) is 4.45. The summed E-state index contributed by atoms with van der Waals surface area (Å²) in [6.45, 7) is 3.53. The van der Waals surface area contributed by atoms with Gasteiger partial charge in [0.15, 0.2) is 0 Å². The number of carbonyl (C=O) groups excluding carboxylic acids is 1. The summed E-state index contributed by atoms with van der Waals surface area (Å²) in [5.41, 5.74) is 1.93. The third-order valence-corrected chi connectivity index (χ3v) is 6.29. The Morgan fingerprint density at radius 1 is 0.968 bits per heavy atom. The molecule has 0 aliphatic carbocycles. The average Bonchev–Trinajstić information content (AvgIpc) is 2.75. The molecule has 0 aromatic heterocycles. The molecule has 0 spiro atoms. The second kappa shape index (κ2) is 8.93. The molecule has 0 radical (unpaired) electrons. The van der Waals surface area contributed by atoms with Crippen LogP contribution in [0.5, 0.6) is 0 Å². The van der Waals surface area contributed by atoms with Crippen LogP contribution in [0.1, 0.15) is 16.7 Å². The molecule has 0 N–H and O–H groups in total. The molecule has 3 rings (SSSR count). The van der Waals surface area contributed by atoms with E-state index in [1.54, 1.807) is 50.2 Å². The van der Waals surface area contributed by atoms with Gasteiger partial charge in [0, 0.05) is 18.2 Å². The molecule has 0 fully saturated rings. The summed E-state index contributed by atoms with van der Waals surface area (Å²) in [7, 11) is -4.19. The number of aryl methyl sites for hydroxylation is 2. The van der Waals surface area contributed by atoms with Crippen molar-refractivity contribution in [2.24, 2.45) is 0 Å². The third-order valence-electron chi connectivity index (χ3n) is 4.56. The van der Waals surface area contributed by atoms with E-state index in [9.17, 15) is 23.3 Å². The van der Waals surface area contributed by atoms with Crippen molar-refractivity contribution in [2.75, 3.05) is 4.31 Å². The molecule has 0 heterocycles. The van der Waals surface area contributed by atoms with Crippen molar-refractivity contribution < 1.29 is 18.1 Å². The number of sulfonamides is 1. The predicted molar refractivity (Wildman–Crippen MR) is 119 cm³/mol. The zero-order valence-corrected chi connectivity index (χ0v) is 17.7. The predicted octanol–water partition coefficient (Wildman–Crippen LogP) is 4.65. The van der Waals surface area contributed by atoms with Crippen LogP contribution >= 0.6 is 0 Å². The van der Waals surface area contributed by atoms with Gasteiger partial charge < -0.3 is 0 Å². The minimum absolute atomic E-state index is 0.0204. The van der Waals surface area contributed by atoms with Gasteiger partial charge in [0.1, 0.15) is 0 Å². The van der Waals surface area contributed by atoms with E-state index in [2.05, 4.69) is 0 Å². The Kier molecular flexibility index (Phi) is 6.31. The number of nitro benzene ring substituents is 1. The average molecular weight is 436 g/mol. The first-order valence-corrected chi connectivity index (χ1v) is 10.8. The van der Waals surface area contributed by atoms with Crippen molar-refractivity contribution >= 4 is 33.4 Å². The lowest BCUT2D eigenvalue weighted by Gasteiger charge is -2.23. The van der Waals surface area contributed by atoms with Gasteiger partial charge in [-0.25, -0.2) is 8.42 Å². The number of rotatable bonds is 6. The molecule has 31 heavy (non-hydrogen) atoms. The fourth-order valence-electron chi connectivity index (χ4n) is 2.98. The summed E-state index contributed by atoms with van der Waals surface area (Å²) in [5, 5.41) is 11.0. The van der Waals surface area contributed by atoms with Gasteiger partial charge in [-0.2, -0.15) is 4.31 Å². The quantitative estimate of drug-likeness (QED) is 0.318. The van der Waals surface area contributed by atoms with Crippen molar-refractivity contribution in [1.29, 1.82) is 0 Å². The van der Waals surface area contributed by atoms with Crippen LogP contribution in [0.3, 0.4) is 0 Å². The maximum absolute atomic E-state index is 13.4. The summed E-state index contributed by atoms with van der Waals surface area (Å²) in [5.74, 6) is -0.788. The zero-order valence-electron chi connectivity index (χ0n) is 16.9. The van der Waals surface area contributed by atoms with Crippen LogP contribution in [-0.2, 0) is 14.8 Å². The number of amides is 1. The molecule has 3 aromatic carbocycles. The van der Waals surface area contributed by atoms with Gasteiger partial charge in [-0.15, -0.1) is 0 Å². The number of non-ortho nitro benzene ring substituents is 1. The first-order chi connectivity index (χ1) is 14.7. The van der Waals surface area contributed by atoms with Crippen molar-refractivity contribution in [2.45, 2.75) is 18.7 Å². The molecule has 8 heteroatoms. The first kappa shape index (κ1) is 21.9. The summed E-state index contributed by atoms with van der Waals surface area (Å²) in [6.07, 6.45) is 2.45. The van der Waals surface area contributed by atoms with Crippen molar-refractivity contribution in [3.63, 3.8) is 0 Å². The molecule has 0 saturated heterocycles. The van der Waals surface area contributed by atoms with E-state index in [0.717, 1.165) is 15.9 Å². The van der Waals surface area contributed by atoms with Gasteiger partial charge in [0.25, 0.3) is 21.6 Å². The Bertz CT molecular complexity index is 1270. The van der Waals surface area contributed by atoms with E-state index in [4.69, 9.17) is 0 Å². The van der Waals surface area contributed by atoms with Crippen LogP contribution in [0.4, 0.5) is 11.4 Å². The van der Waals surface area contributed by atoms with Crippen LogP contribution in [-0.4, -0.2) is 19.2 Å². The molecular formula is C23H20N2O5S. The zero-order chi connectivity index (χ0) is 22.6. The van der Waals surface area contributed by atoms with E-state index < -0.39 is 20.9 Å². The number of hydrogen-bond donors (Lipinski definition) is 0. The Hall–Kier alpha value is -3.78. The Labute approximate surface area is 180 Å². The standard InChI is InChI=1S/C23H20N2O5S/c1-17-11-12-18(2)22(15-17)24(31(29,30)21-9-4-3-5-10-21)23(26)14-13-19-7-6-8-20(16-19)25(27)28/h3-16H,1-2H3/b14-13+. The van der Waals surface area contributed by atoms with Crippen LogP contribution < -0.4 is 4.31 Å². The highest BCUT2D eigenvalue weighted by molar-refractivity contribution is 7.93. The van der Waals surface area contributed by atoms with Crippen LogP contribution in [0.25, 0.3) is 6.08 Å². The summed E-state index contributed by atoms with van der Waals surface area (Å²) >= 11 is 0. The molecule has 1 amide bonds. The first-order valence-electron chi connectivity index (χ1n) is 9.34. The topological polar surface area (TPSA) is 97.6 Å². The molecule has 3 aromatic rings. The van der Waals surface area contributed by atoms with Gasteiger partial charge in [-0.3, -0.25) is 14.9 Å². The Balaban J connectivity index is 2.08. The molecule has 7 nitrogen and oxygen atoms in total. The lowest BCUT2D eigenvalue weighted by atomic mass is 10.1. The lowest BCUT2D eigenvalue weighted by Crippen LogP contribution is -2.36.